The van der Waals surface area contributed by atoms with E-state index >= 15 is 0 Å². The second kappa shape index (κ2) is 35.2. The van der Waals surface area contributed by atoms with Gasteiger partial charge in [-0.3, -0.25) is 9.59 Å². The summed E-state index contributed by atoms with van der Waals surface area (Å²) in [5.41, 5.74) is 5.95. The monoisotopic (exact) mass is 652 g/mol. The maximum Gasteiger partial charge on any atom is 0.322 e. The molecule has 5 heteroatoms. The van der Waals surface area contributed by atoms with Crippen molar-refractivity contribution in [2.75, 3.05) is 13.2 Å². The van der Waals surface area contributed by atoms with Crippen LogP contribution in [0.5, 0.6) is 0 Å². The van der Waals surface area contributed by atoms with E-state index in [1.807, 2.05) is 0 Å². The van der Waals surface area contributed by atoms with E-state index in [1.165, 1.54) is 154 Å². The summed E-state index contributed by atoms with van der Waals surface area (Å²) < 4.78 is 10.7. The molecule has 0 aromatic heterocycles. The Kier molecular flexibility index (Phi) is 34.4. The molecule has 0 spiro atoms. The van der Waals surface area contributed by atoms with E-state index in [0.717, 1.165) is 37.5 Å². The van der Waals surface area contributed by atoms with Gasteiger partial charge in [0.05, 0.1) is 13.2 Å². The molecular weight excluding hydrogens is 570 g/mol. The van der Waals surface area contributed by atoms with Gasteiger partial charge in [-0.15, -0.1) is 0 Å². The van der Waals surface area contributed by atoms with Gasteiger partial charge in [-0.25, -0.2) is 0 Å². The average Bonchev–Trinajstić information content (AvgIpc) is 3.02. The Labute approximate surface area is 287 Å². The van der Waals surface area contributed by atoms with Crippen molar-refractivity contribution in [3.8, 4) is 0 Å². The number of hydrogen-bond donors (Lipinski definition) is 1. The van der Waals surface area contributed by atoms with Crippen LogP contribution in [0.25, 0.3) is 0 Å². The van der Waals surface area contributed by atoms with Crippen molar-refractivity contribution >= 4 is 11.9 Å². The topological polar surface area (TPSA) is 78.6 Å². The zero-order valence-electron chi connectivity index (χ0n) is 31.6. The number of esters is 2. The van der Waals surface area contributed by atoms with Crippen LogP contribution in [0.2, 0.25) is 0 Å². The number of nitrogens with two attached hydrogens (primary N) is 1. The van der Waals surface area contributed by atoms with Crippen molar-refractivity contribution < 1.29 is 19.1 Å². The number of carbonyl (C=O) groups excluding carboxylic acids is 2. The van der Waals surface area contributed by atoms with Gasteiger partial charge in [0.15, 0.2) is 0 Å². The molecule has 46 heavy (non-hydrogen) atoms. The molecule has 0 aliphatic heterocycles. The van der Waals surface area contributed by atoms with Crippen molar-refractivity contribution in [1.82, 2.24) is 0 Å². The molecule has 0 rings (SSSR count). The maximum atomic E-state index is 12.1. The maximum absolute atomic E-state index is 12.1. The van der Waals surface area contributed by atoms with Gasteiger partial charge in [-0.05, 0) is 31.1 Å². The van der Waals surface area contributed by atoms with Crippen molar-refractivity contribution in [3.05, 3.63) is 0 Å². The van der Waals surface area contributed by atoms with E-state index < -0.39 is 12.0 Å². The van der Waals surface area contributed by atoms with Crippen molar-refractivity contribution in [1.29, 1.82) is 0 Å². The molecule has 0 amide bonds. The third-order valence-electron chi connectivity index (χ3n) is 9.32. The predicted octanol–water partition coefficient (Wildman–Crippen LogP) is 12.4. The Morgan fingerprint density at radius 1 is 0.413 bits per heavy atom. The zero-order valence-corrected chi connectivity index (χ0v) is 31.6. The molecule has 0 aliphatic carbocycles. The number of rotatable bonds is 36. The molecule has 0 saturated carbocycles. The molecule has 0 saturated heterocycles. The SMILES string of the molecule is CC(C)CCCCCCCCCCCCCCCOC(=O)CC[C@H](N)C(=O)OCCCCCCCCCCCCCCCC(C)C. The lowest BCUT2D eigenvalue weighted by Gasteiger charge is -2.11. The Morgan fingerprint density at radius 3 is 1.02 bits per heavy atom. The minimum Gasteiger partial charge on any atom is -0.466 e. The minimum absolute atomic E-state index is 0.173. The van der Waals surface area contributed by atoms with Gasteiger partial charge >= 0.3 is 11.9 Å². The first-order chi connectivity index (χ1) is 22.3. The highest BCUT2D eigenvalue weighted by Crippen LogP contribution is 2.16. The summed E-state index contributed by atoms with van der Waals surface area (Å²) in [6.07, 6.45) is 37.1. The van der Waals surface area contributed by atoms with Crippen LogP contribution in [0, 0.1) is 11.8 Å². The molecule has 274 valence electrons. The van der Waals surface area contributed by atoms with E-state index in [1.54, 1.807) is 0 Å². The Bertz CT molecular complexity index is 650. The van der Waals surface area contributed by atoms with Crippen LogP contribution in [0.1, 0.15) is 220 Å². The van der Waals surface area contributed by atoms with Gasteiger partial charge in [0.25, 0.3) is 0 Å². The van der Waals surface area contributed by atoms with Crippen LogP contribution in [-0.4, -0.2) is 31.2 Å². The van der Waals surface area contributed by atoms with Crippen LogP contribution >= 0.6 is 0 Å². The molecule has 0 fully saturated rings. The first-order valence-corrected chi connectivity index (χ1v) is 20.4. The van der Waals surface area contributed by atoms with Gasteiger partial charge in [0, 0.05) is 6.42 Å². The highest BCUT2D eigenvalue weighted by molar-refractivity contribution is 5.77. The highest BCUT2D eigenvalue weighted by atomic mass is 16.5. The lowest BCUT2D eigenvalue weighted by molar-refractivity contribution is -0.146. The Balaban J connectivity index is 3.38. The van der Waals surface area contributed by atoms with Crippen LogP contribution in [0.3, 0.4) is 0 Å². The zero-order chi connectivity index (χ0) is 33.9. The quantitative estimate of drug-likeness (QED) is 0.0538. The van der Waals surface area contributed by atoms with Gasteiger partial charge < -0.3 is 15.2 Å². The average molecular weight is 652 g/mol. The Hall–Kier alpha value is -1.10. The summed E-state index contributed by atoms with van der Waals surface area (Å²) in [5, 5.41) is 0. The van der Waals surface area contributed by atoms with Crippen molar-refractivity contribution in [2.24, 2.45) is 17.6 Å². The molecule has 2 N–H and O–H groups in total. The standard InChI is InChI=1S/C41H81NO4/c1-37(2)31-27-23-19-15-11-7-5-9-13-17-21-25-29-35-45-40(43)34-33-39(42)41(44)46-36-30-26-22-18-14-10-6-8-12-16-20-24-28-32-38(3)4/h37-39H,5-36,42H2,1-4H3/t39-/m0/s1. The molecule has 1 atom stereocenters. The summed E-state index contributed by atoms with van der Waals surface area (Å²) in [4.78, 5) is 24.2. The largest absolute Gasteiger partial charge is 0.466 e. The number of unbranched alkanes of at least 4 members (excludes halogenated alkanes) is 24. The molecule has 0 aromatic rings. The van der Waals surface area contributed by atoms with Crippen molar-refractivity contribution in [3.63, 3.8) is 0 Å². The summed E-state index contributed by atoms with van der Waals surface area (Å²) in [7, 11) is 0. The number of carbonyl (C=O) groups is 2. The third kappa shape index (κ3) is 35.7. The van der Waals surface area contributed by atoms with Gasteiger partial charge in [0.2, 0.25) is 0 Å². The second-order valence-electron chi connectivity index (χ2n) is 15.1. The second-order valence-corrected chi connectivity index (χ2v) is 15.1. The fourth-order valence-corrected chi connectivity index (χ4v) is 6.13. The van der Waals surface area contributed by atoms with E-state index in [-0.39, 0.29) is 18.8 Å². The normalized spacial score (nSPS) is 12.2. The molecule has 0 radical (unpaired) electrons. The van der Waals surface area contributed by atoms with Crippen LogP contribution in [-0.2, 0) is 19.1 Å². The summed E-state index contributed by atoms with van der Waals surface area (Å²) in [5.74, 6) is 1.04. The van der Waals surface area contributed by atoms with Crippen molar-refractivity contribution in [2.45, 2.75) is 226 Å². The molecule has 0 unspecified atom stereocenters. The summed E-state index contributed by atoms with van der Waals surface area (Å²) in [6, 6.07) is -0.748. The lowest BCUT2D eigenvalue weighted by Crippen LogP contribution is -2.33. The van der Waals surface area contributed by atoms with E-state index in [0.29, 0.717) is 13.2 Å². The fourth-order valence-electron chi connectivity index (χ4n) is 6.13. The lowest BCUT2D eigenvalue weighted by atomic mass is 10.0. The first-order valence-electron chi connectivity index (χ1n) is 20.4. The number of ether oxygens (including phenoxy) is 2. The highest BCUT2D eigenvalue weighted by Gasteiger charge is 2.17. The molecule has 0 heterocycles. The smallest absolute Gasteiger partial charge is 0.322 e. The molecular formula is C41H81NO4. The van der Waals surface area contributed by atoms with Gasteiger partial charge in [0.1, 0.15) is 6.04 Å². The molecule has 5 nitrogen and oxygen atoms in total. The van der Waals surface area contributed by atoms with E-state index in [2.05, 4.69) is 27.7 Å². The fraction of sp³-hybridized carbons (Fsp3) is 0.951. The number of hydrogen-bond acceptors (Lipinski definition) is 5. The minimum atomic E-state index is -0.748. The first kappa shape index (κ1) is 44.9. The van der Waals surface area contributed by atoms with Crippen LogP contribution in [0.4, 0.5) is 0 Å². The van der Waals surface area contributed by atoms with Crippen LogP contribution in [0.15, 0.2) is 0 Å². The third-order valence-corrected chi connectivity index (χ3v) is 9.32. The predicted molar refractivity (Wildman–Crippen MR) is 198 cm³/mol. The molecule has 0 aromatic carbocycles. The van der Waals surface area contributed by atoms with E-state index in [9.17, 15) is 9.59 Å². The summed E-state index contributed by atoms with van der Waals surface area (Å²) in [6.45, 7) is 10.2. The molecule has 0 aliphatic rings. The van der Waals surface area contributed by atoms with Gasteiger partial charge in [-0.1, -0.05) is 195 Å². The van der Waals surface area contributed by atoms with Crippen LogP contribution < -0.4 is 5.73 Å². The van der Waals surface area contributed by atoms with Gasteiger partial charge in [-0.2, -0.15) is 0 Å². The summed E-state index contributed by atoms with van der Waals surface area (Å²) >= 11 is 0. The van der Waals surface area contributed by atoms with E-state index in [4.69, 9.17) is 15.2 Å². The molecule has 0 bridgehead atoms. The Morgan fingerprint density at radius 2 is 0.696 bits per heavy atom.